The van der Waals surface area contributed by atoms with Crippen molar-refractivity contribution in [3.63, 3.8) is 0 Å². The van der Waals surface area contributed by atoms with E-state index in [2.05, 4.69) is 5.10 Å². The molecular formula is C15H16ClF3N2O2. The Kier molecular flexibility index (Phi) is 4.24. The topological polar surface area (TPSA) is 52.9 Å². The molecule has 0 saturated carbocycles. The molecule has 0 aromatic heterocycles. The zero-order valence-corrected chi connectivity index (χ0v) is 13.5. The monoisotopic (exact) mass is 348 g/mol. The summed E-state index contributed by atoms with van der Waals surface area (Å²) in [6, 6.07) is 5.62. The molecule has 1 heterocycles. The molecule has 1 aliphatic heterocycles. The second kappa shape index (κ2) is 5.49. The van der Waals surface area contributed by atoms with Crippen LogP contribution >= 0.6 is 11.6 Å². The molecule has 126 valence electrons. The van der Waals surface area contributed by atoms with Gasteiger partial charge < -0.3 is 5.11 Å². The maximum Gasteiger partial charge on any atom is 0.431 e. The van der Waals surface area contributed by atoms with E-state index in [0.717, 1.165) is 0 Å². The first-order chi connectivity index (χ1) is 10.4. The van der Waals surface area contributed by atoms with Gasteiger partial charge >= 0.3 is 6.18 Å². The molecule has 4 nitrogen and oxygen atoms in total. The van der Waals surface area contributed by atoms with Gasteiger partial charge in [0.05, 0.1) is 0 Å². The lowest BCUT2D eigenvalue weighted by Crippen LogP contribution is -2.55. The van der Waals surface area contributed by atoms with Gasteiger partial charge in [-0.15, -0.1) is 0 Å². The number of alkyl halides is 3. The van der Waals surface area contributed by atoms with Crippen LogP contribution in [0.15, 0.2) is 29.4 Å². The number of carbonyl (C=O) groups is 1. The highest BCUT2D eigenvalue weighted by Crippen LogP contribution is 2.44. The van der Waals surface area contributed by atoms with E-state index in [1.165, 1.54) is 24.3 Å². The lowest BCUT2D eigenvalue weighted by Gasteiger charge is -2.41. The average molecular weight is 349 g/mol. The van der Waals surface area contributed by atoms with Crippen molar-refractivity contribution in [1.29, 1.82) is 0 Å². The SMILES string of the molecule is CC(C)(C)[C@]1(O)CC(C(F)(F)F)=NN1C(=O)c1ccc(Cl)cc1. The Morgan fingerprint density at radius 3 is 2.22 bits per heavy atom. The van der Waals surface area contributed by atoms with Crippen LogP contribution in [0.25, 0.3) is 0 Å². The zero-order chi connectivity index (χ0) is 17.6. The van der Waals surface area contributed by atoms with E-state index in [9.17, 15) is 23.1 Å². The molecule has 0 aliphatic carbocycles. The predicted molar refractivity (Wildman–Crippen MR) is 80.1 cm³/mol. The molecular weight excluding hydrogens is 333 g/mol. The number of nitrogens with zero attached hydrogens (tertiary/aromatic N) is 2. The van der Waals surface area contributed by atoms with Crippen molar-refractivity contribution in [3.05, 3.63) is 34.9 Å². The van der Waals surface area contributed by atoms with Gasteiger partial charge in [0, 0.05) is 22.4 Å². The van der Waals surface area contributed by atoms with Crippen LogP contribution in [0.5, 0.6) is 0 Å². The van der Waals surface area contributed by atoms with E-state index in [4.69, 9.17) is 11.6 Å². The minimum Gasteiger partial charge on any atom is -0.368 e. The molecule has 0 unspecified atom stereocenters. The fraction of sp³-hybridized carbons (Fsp3) is 0.467. The van der Waals surface area contributed by atoms with Gasteiger partial charge in [0.15, 0.2) is 5.72 Å². The molecule has 0 spiro atoms. The molecule has 1 amide bonds. The van der Waals surface area contributed by atoms with Gasteiger partial charge in [-0.3, -0.25) is 4.79 Å². The third-order valence-electron chi connectivity index (χ3n) is 3.80. The number of halogens is 4. The molecule has 0 bridgehead atoms. The highest BCUT2D eigenvalue weighted by Gasteiger charge is 2.57. The number of hydrogen-bond donors (Lipinski definition) is 1. The quantitative estimate of drug-likeness (QED) is 0.838. The summed E-state index contributed by atoms with van der Waals surface area (Å²) < 4.78 is 39.0. The third kappa shape index (κ3) is 3.21. The van der Waals surface area contributed by atoms with Crippen molar-refractivity contribution >= 4 is 23.2 Å². The van der Waals surface area contributed by atoms with Crippen molar-refractivity contribution in [2.45, 2.75) is 39.1 Å². The normalized spacial score (nSPS) is 22.3. The highest BCUT2D eigenvalue weighted by molar-refractivity contribution is 6.30. The van der Waals surface area contributed by atoms with E-state index in [1.807, 2.05) is 0 Å². The lowest BCUT2D eigenvalue weighted by molar-refractivity contribution is -0.144. The van der Waals surface area contributed by atoms with Gasteiger partial charge in [-0.1, -0.05) is 32.4 Å². The van der Waals surface area contributed by atoms with Crippen molar-refractivity contribution in [1.82, 2.24) is 5.01 Å². The number of benzene rings is 1. The maximum absolute atomic E-state index is 13.0. The van der Waals surface area contributed by atoms with Crippen LogP contribution in [0.1, 0.15) is 37.6 Å². The smallest absolute Gasteiger partial charge is 0.368 e. The largest absolute Gasteiger partial charge is 0.431 e. The Labute approximate surface area is 136 Å². The summed E-state index contributed by atoms with van der Waals surface area (Å²) in [5, 5.41) is 15.1. The summed E-state index contributed by atoms with van der Waals surface area (Å²) in [6.45, 7) is 4.64. The standard InChI is InChI=1S/C15H16ClF3N2O2/c1-13(2,3)14(23)8-11(15(17,18)19)20-21(14)12(22)9-4-6-10(16)7-5-9/h4-7,23H,8H2,1-3H3/t14-/m1/s1. The summed E-state index contributed by atoms with van der Waals surface area (Å²) in [6.07, 6.45) is -5.49. The number of carbonyl (C=O) groups excluding carboxylic acids is 1. The second-order valence-corrected chi connectivity index (χ2v) is 6.85. The number of amides is 1. The molecule has 1 atom stereocenters. The van der Waals surface area contributed by atoms with Crippen molar-refractivity contribution in [2.24, 2.45) is 10.5 Å². The van der Waals surface area contributed by atoms with E-state index in [0.29, 0.717) is 10.0 Å². The number of aliphatic hydroxyl groups is 1. The van der Waals surface area contributed by atoms with Gasteiger partial charge in [-0.05, 0) is 24.3 Å². The second-order valence-electron chi connectivity index (χ2n) is 6.41. The first-order valence-corrected chi connectivity index (χ1v) is 7.21. The molecule has 1 aliphatic rings. The third-order valence-corrected chi connectivity index (χ3v) is 4.05. The van der Waals surface area contributed by atoms with Crippen LogP contribution in [-0.4, -0.2) is 33.6 Å². The van der Waals surface area contributed by atoms with Crippen LogP contribution in [0.2, 0.25) is 5.02 Å². The minimum absolute atomic E-state index is 0.0873. The van der Waals surface area contributed by atoms with Crippen LogP contribution < -0.4 is 0 Å². The highest BCUT2D eigenvalue weighted by atomic mass is 35.5. The molecule has 1 aromatic carbocycles. The fourth-order valence-electron chi connectivity index (χ4n) is 2.22. The predicted octanol–water partition coefficient (Wildman–Crippen LogP) is 3.84. The van der Waals surface area contributed by atoms with Crippen LogP contribution in [0.3, 0.4) is 0 Å². The van der Waals surface area contributed by atoms with Crippen LogP contribution in [0, 0.1) is 5.41 Å². The zero-order valence-electron chi connectivity index (χ0n) is 12.8. The number of rotatable bonds is 1. The first-order valence-electron chi connectivity index (χ1n) is 6.83. The lowest BCUT2D eigenvalue weighted by atomic mass is 9.80. The molecule has 8 heteroatoms. The molecule has 1 aromatic rings. The Morgan fingerprint density at radius 1 is 1.26 bits per heavy atom. The van der Waals surface area contributed by atoms with Crippen molar-refractivity contribution < 1.29 is 23.1 Å². The van der Waals surface area contributed by atoms with E-state index in [1.54, 1.807) is 20.8 Å². The van der Waals surface area contributed by atoms with Gasteiger partial charge in [-0.25, -0.2) is 0 Å². The summed E-state index contributed by atoms with van der Waals surface area (Å²) in [5.41, 5.74) is -4.21. The van der Waals surface area contributed by atoms with Crippen molar-refractivity contribution in [3.8, 4) is 0 Å². The van der Waals surface area contributed by atoms with E-state index >= 15 is 0 Å². The Balaban J connectivity index is 2.48. The Hall–Kier alpha value is -1.60. The Morgan fingerprint density at radius 2 is 1.78 bits per heavy atom. The van der Waals surface area contributed by atoms with E-state index < -0.39 is 35.4 Å². The summed E-state index contributed by atoms with van der Waals surface area (Å²) in [5.74, 6) is -0.821. The van der Waals surface area contributed by atoms with Crippen LogP contribution in [-0.2, 0) is 0 Å². The van der Waals surface area contributed by atoms with E-state index in [-0.39, 0.29) is 5.56 Å². The summed E-state index contributed by atoms with van der Waals surface area (Å²) in [7, 11) is 0. The number of hydrazone groups is 1. The van der Waals surface area contributed by atoms with Gasteiger partial charge in [0.2, 0.25) is 0 Å². The minimum atomic E-state index is -4.71. The molecule has 0 fully saturated rings. The fourth-order valence-corrected chi connectivity index (χ4v) is 2.34. The van der Waals surface area contributed by atoms with Gasteiger partial charge in [0.25, 0.3) is 5.91 Å². The first kappa shape index (κ1) is 17.7. The molecule has 1 N–H and O–H groups in total. The van der Waals surface area contributed by atoms with Gasteiger partial charge in [0.1, 0.15) is 5.71 Å². The maximum atomic E-state index is 13.0. The number of hydrogen-bond acceptors (Lipinski definition) is 3. The molecule has 0 saturated heterocycles. The molecule has 0 radical (unpaired) electrons. The Bertz CT molecular complexity index is 650. The van der Waals surface area contributed by atoms with Crippen molar-refractivity contribution in [2.75, 3.05) is 0 Å². The molecule has 23 heavy (non-hydrogen) atoms. The van der Waals surface area contributed by atoms with Gasteiger partial charge in [-0.2, -0.15) is 23.3 Å². The molecule has 2 rings (SSSR count). The summed E-state index contributed by atoms with van der Waals surface area (Å²) in [4.78, 5) is 12.5. The van der Waals surface area contributed by atoms with Crippen LogP contribution in [0.4, 0.5) is 13.2 Å². The average Bonchev–Trinajstić information content (AvgIpc) is 2.78. The summed E-state index contributed by atoms with van der Waals surface area (Å²) >= 11 is 5.74.